The van der Waals surface area contributed by atoms with E-state index in [0.29, 0.717) is 5.69 Å². The predicted molar refractivity (Wildman–Crippen MR) is 75.8 cm³/mol. The lowest BCUT2D eigenvalue weighted by Gasteiger charge is -2.09. The zero-order valence-electron chi connectivity index (χ0n) is 11.8. The number of hydrogen-bond acceptors (Lipinski definition) is 4. The molecule has 0 aliphatic heterocycles. The number of rotatable bonds is 4. The number of fused-ring (bicyclic) bond motifs is 1. The molecule has 0 amide bonds. The average Bonchev–Trinajstić information content (AvgIpc) is 2.98. The van der Waals surface area contributed by atoms with Gasteiger partial charge in [0, 0.05) is 12.6 Å². The fourth-order valence-corrected chi connectivity index (χ4v) is 3.22. The molecule has 0 atom stereocenters. The van der Waals surface area contributed by atoms with Crippen molar-refractivity contribution < 1.29 is 14.4 Å². The van der Waals surface area contributed by atoms with Gasteiger partial charge in [-0.2, -0.15) is 5.10 Å². The Morgan fingerprint density at radius 3 is 2.86 bits per heavy atom. The summed E-state index contributed by atoms with van der Waals surface area (Å²) in [5.74, 6) is 0. The molecule has 21 heavy (non-hydrogen) atoms. The maximum atomic E-state index is 10.9. The van der Waals surface area contributed by atoms with Crippen molar-refractivity contribution in [3.63, 3.8) is 0 Å². The molecule has 0 radical (unpaired) electrons. The van der Waals surface area contributed by atoms with Crippen LogP contribution < -0.4 is 0 Å². The van der Waals surface area contributed by atoms with Crippen LogP contribution in [0.25, 0.3) is 11.4 Å². The Morgan fingerprint density at radius 2 is 2.10 bits per heavy atom. The highest BCUT2D eigenvalue weighted by molar-refractivity contribution is 7.51. The van der Waals surface area contributed by atoms with E-state index in [1.165, 1.54) is 16.7 Å². The second kappa shape index (κ2) is 5.36. The monoisotopic (exact) mass is 311 g/mol. The molecule has 3 rings (SSSR count). The topological polar surface area (TPSA) is 106 Å². The van der Waals surface area contributed by atoms with Crippen LogP contribution in [0.1, 0.15) is 24.1 Å². The van der Waals surface area contributed by atoms with Gasteiger partial charge in [0.15, 0.2) is 0 Å². The van der Waals surface area contributed by atoms with E-state index >= 15 is 0 Å². The van der Waals surface area contributed by atoms with Gasteiger partial charge in [0.1, 0.15) is 5.69 Å². The van der Waals surface area contributed by atoms with E-state index in [1.54, 1.807) is 6.20 Å². The molecule has 1 aliphatic rings. The first-order chi connectivity index (χ1) is 9.94. The van der Waals surface area contributed by atoms with Gasteiger partial charge in [-0.05, 0) is 25.7 Å². The number of aromatic nitrogens is 5. The summed E-state index contributed by atoms with van der Waals surface area (Å²) in [6.07, 6.45) is 5.79. The van der Waals surface area contributed by atoms with Gasteiger partial charge in [-0.3, -0.25) is 13.9 Å². The molecule has 2 aromatic heterocycles. The third-order valence-electron chi connectivity index (χ3n) is 3.72. The van der Waals surface area contributed by atoms with E-state index in [-0.39, 0.29) is 12.7 Å². The molecule has 0 spiro atoms. The van der Waals surface area contributed by atoms with Crippen molar-refractivity contribution in [3.05, 3.63) is 17.5 Å². The first-order valence-electron chi connectivity index (χ1n) is 6.94. The van der Waals surface area contributed by atoms with Crippen LogP contribution in [0.3, 0.4) is 0 Å². The summed E-state index contributed by atoms with van der Waals surface area (Å²) >= 11 is 0. The Bertz CT molecular complexity index is 702. The van der Waals surface area contributed by atoms with E-state index in [9.17, 15) is 4.57 Å². The predicted octanol–water partition coefficient (Wildman–Crippen LogP) is 0.735. The van der Waals surface area contributed by atoms with E-state index < -0.39 is 7.60 Å². The van der Waals surface area contributed by atoms with Crippen LogP contribution in [0, 0.1) is 0 Å². The smallest absolute Gasteiger partial charge is 0.324 e. The first kappa shape index (κ1) is 14.4. The maximum absolute atomic E-state index is 10.9. The lowest BCUT2D eigenvalue weighted by Crippen LogP contribution is -2.03. The molecule has 9 heteroatoms. The zero-order valence-corrected chi connectivity index (χ0v) is 12.7. The zero-order chi connectivity index (χ0) is 15.0. The van der Waals surface area contributed by atoms with Crippen molar-refractivity contribution in [1.29, 1.82) is 0 Å². The standard InChI is InChI=1S/C12H18N5O3P/c1-16-12(9-4-2-3-5-10(9)14-16)11-8-17(15-13-11)6-7-21(18,19)20/h8H,2-7H2,1H3,(H2,18,19,20). The van der Waals surface area contributed by atoms with Crippen molar-refractivity contribution in [1.82, 2.24) is 24.8 Å². The average molecular weight is 311 g/mol. The quantitative estimate of drug-likeness (QED) is 0.807. The van der Waals surface area contributed by atoms with E-state index in [1.807, 2.05) is 11.7 Å². The third-order valence-corrected chi connectivity index (χ3v) is 4.50. The molecule has 0 unspecified atom stereocenters. The SMILES string of the molecule is Cn1nc2c(c1-c1cn(CCP(=O)(O)O)nn1)CCCC2. The number of nitrogens with zero attached hydrogens (tertiary/aromatic N) is 5. The van der Waals surface area contributed by atoms with Gasteiger partial charge in [0.25, 0.3) is 0 Å². The molecule has 114 valence electrons. The van der Waals surface area contributed by atoms with Gasteiger partial charge in [-0.15, -0.1) is 5.10 Å². The Hall–Kier alpha value is -1.50. The maximum Gasteiger partial charge on any atom is 0.327 e. The highest BCUT2D eigenvalue weighted by atomic mass is 31.2. The van der Waals surface area contributed by atoms with Crippen LogP contribution in [0.5, 0.6) is 0 Å². The lowest BCUT2D eigenvalue weighted by molar-refractivity contribution is 0.368. The van der Waals surface area contributed by atoms with Crippen molar-refractivity contribution in [2.24, 2.45) is 7.05 Å². The van der Waals surface area contributed by atoms with E-state index in [2.05, 4.69) is 15.4 Å². The van der Waals surface area contributed by atoms with Gasteiger partial charge >= 0.3 is 7.60 Å². The Balaban J connectivity index is 1.87. The van der Waals surface area contributed by atoms with E-state index in [0.717, 1.165) is 30.7 Å². The number of hydrogen-bond donors (Lipinski definition) is 2. The summed E-state index contributed by atoms with van der Waals surface area (Å²) in [6, 6.07) is 0. The molecule has 8 nitrogen and oxygen atoms in total. The van der Waals surface area contributed by atoms with Gasteiger partial charge in [0.2, 0.25) is 0 Å². The van der Waals surface area contributed by atoms with Crippen molar-refractivity contribution in [2.75, 3.05) is 6.16 Å². The molecule has 0 saturated carbocycles. The molecular formula is C12H18N5O3P. The van der Waals surface area contributed by atoms with Gasteiger partial charge < -0.3 is 9.79 Å². The Morgan fingerprint density at radius 1 is 1.33 bits per heavy atom. The van der Waals surface area contributed by atoms with Crippen LogP contribution in [-0.2, 0) is 31.0 Å². The lowest BCUT2D eigenvalue weighted by atomic mass is 9.95. The summed E-state index contributed by atoms with van der Waals surface area (Å²) in [5, 5.41) is 12.6. The summed E-state index contributed by atoms with van der Waals surface area (Å²) in [7, 11) is -2.13. The Kier molecular flexibility index (Phi) is 3.69. The van der Waals surface area contributed by atoms with Crippen LogP contribution in [0.15, 0.2) is 6.20 Å². The summed E-state index contributed by atoms with van der Waals surface area (Å²) in [4.78, 5) is 17.8. The molecule has 2 heterocycles. The number of aryl methyl sites for hydroxylation is 3. The second-order valence-corrected chi connectivity index (χ2v) is 7.14. The first-order valence-corrected chi connectivity index (χ1v) is 8.73. The minimum absolute atomic E-state index is 0.150. The fraction of sp³-hybridized carbons (Fsp3) is 0.583. The minimum atomic E-state index is -4.02. The fourth-order valence-electron chi connectivity index (χ4n) is 2.75. The summed E-state index contributed by atoms with van der Waals surface area (Å²) < 4.78 is 14.2. The molecule has 0 saturated heterocycles. The summed E-state index contributed by atoms with van der Waals surface area (Å²) in [5.41, 5.74) is 4.03. The van der Waals surface area contributed by atoms with Gasteiger partial charge in [0.05, 0.1) is 30.3 Å². The van der Waals surface area contributed by atoms with Crippen molar-refractivity contribution in [2.45, 2.75) is 32.2 Å². The largest absolute Gasteiger partial charge is 0.327 e. The van der Waals surface area contributed by atoms with Gasteiger partial charge in [-0.25, -0.2) is 0 Å². The molecule has 2 aromatic rings. The molecule has 0 fully saturated rings. The molecule has 0 aromatic carbocycles. The van der Waals surface area contributed by atoms with Crippen molar-refractivity contribution in [3.8, 4) is 11.4 Å². The third kappa shape index (κ3) is 3.07. The Labute approximate surface area is 121 Å². The normalized spacial score (nSPS) is 15.2. The molecular weight excluding hydrogens is 293 g/mol. The van der Waals surface area contributed by atoms with Gasteiger partial charge in [-0.1, -0.05) is 5.21 Å². The van der Waals surface area contributed by atoms with Crippen LogP contribution in [0.2, 0.25) is 0 Å². The highest BCUT2D eigenvalue weighted by Crippen LogP contribution is 2.34. The molecule has 1 aliphatic carbocycles. The van der Waals surface area contributed by atoms with Crippen molar-refractivity contribution >= 4 is 7.60 Å². The molecule has 0 bridgehead atoms. The van der Waals surface area contributed by atoms with Crippen LogP contribution in [0.4, 0.5) is 0 Å². The van der Waals surface area contributed by atoms with Crippen LogP contribution in [-0.4, -0.2) is 40.7 Å². The minimum Gasteiger partial charge on any atom is -0.324 e. The summed E-state index contributed by atoms with van der Waals surface area (Å²) in [6.45, 7) is 0.150. The highest BCUT2D eigenvalue weighted by Gasteiger charge is 2.22. The second-order valence-electron chi connectivity index (χ2n) is 5.36. The molecule has 2 N–H and O–H groups in total. The van der Waals surface area contributed by atoms with Crippen LogP contribution >= 0.6 is 7.60 Å². The van der Waals surface area contributed by atoms with E-state index in [4.69, 9.17) is 9.79 Å².